The van der Waals surface area contributed by atoms with E-state index >= 15 is 0 Å². The summed E-state index contributed by atoms with van der Waals surface area (Å²) in [6.07, 6.45) is 7.96. The Morgan fingerprint density at radius 3 is 2.56 bits per heavy atom. The Balaban J connectivity index is 1.90. The molecule has 0 fully saturated rings. The van der Waals surface area contributed by atoms with Crippen molar-refractivity contribution in [1.82, 2.24) is 0 Å². The van der Waals surface area contributed by atoms with Crippen LogP contribution in [0.25, 0.3) is 0 Å². The van der Waals surface area contributed by atoms with Gasteiger partial charge in [0.1, 0.15) is 12.1 Å². The van der Waals surface area contributed by atoms with Gasteiger partial charge in [-0.25, -0.2) is 0 Å². The molecule has 1 aromatic rings. The van der Waals surface area contributed by atoms with Gasteiger partial charge in [-0.15, -0.1) is 0 Å². The van der Waals surface area contributed by atoms with Gasteiger partial charge in [0.05, 0.1) is 7.11 Å². The molecule has 6 nitrogen and oxygen atoms in total. The van der Waals surface area contributed by atoms with Crippen LogP contribution in [0, 0.1) is 0 Å². The van der Waals surface area contributed by atoms with Gasteiger partial charge in [0.2, 0.25) is 5.78 Å². The zero-order valence-electron chi connectivity index (χ0n) is 14.3. The molecule has 1 aliphatic rings. The van der Waals surface area contributed by atoms with Gasteiger partial charge in [0.25, 0.3) is 0 Å². The van der Waals surface area contributed by atoms with E-state index in [1.807, 2.05) is 12.1 Å². The number of unbranched alkanes of at least 4 members (excludes halogenated alkanes) is 2. The molecule has 0 radical (unpaired) electrons. The zero-order chi connectivity index (χ0) is 18.1. The van der Waals surface area contributed by atoms with Gasteiger partial charge in [-0.2, -0.15) is 0 Å². The molecule has 0 amide bonds. The van der Waals surface area contributed by atoms with Gasteiger partial charge in [-0.05, 0) is 37.1 Å². The molecule has 2 rings (SSSR count). The first kappa shape index (κ1) is 18.7. The van der Waals surface area contributed by atoms with Crippen molar-refractivity contribution >= 4 is 18.0 Å². The lowest BCUT2D eigenvalue weighted by Gasteiger charge is -2.23. The van der Waals surface area contributed by atoms with E-state index in [0.717, 1.165) is 12.8 Å². The molecular formula is C19H23NO5. The number of aliphatic carboxylic acids is 1. The number of para-hydroxylation sites is 2. The average molecular weight is 345 g/mol. The molecule has 0 aliphatic carbocycles. The third-order valence-corrected chi connectivity index (χ3v) is 4.12. The SMILES string of the molecule is COc1ccccc1OCC(=O)C1(CCCCCC(=O)O)C=CC=N1. The summed E-state index contributed by atoms with van der Waals surface area (Å²) in [5, 5.41) is 8.67. The van der Waals surface area contributed by atoms with E-state index in [1.165, 1.54) is 0 Å². The lowest BCUT2D eigenvalue weighted by molar-refractivity contribution is -0.137. The lowest BCUT2D eigenvalue weighted by atomic mass is 9.89. The Kier molecular flexibility index (Phi) is 6.74. The molecule has 0 saturated carbocycles. The number of allylic oxidation sites excluding steroid dienone is 1. The number of benzene rings is 1. The van der Waals surface area contributed by atoms with Gasteiger partial charge in [0.15, 0.2) is 11.5 Å². The number of hydrogen-bond acceptors (Lipinski definition) is 5. The molecular weight excluding hydrogens is 322 g/mol. The average Bonchev–Trinajstić information content (AvgIpc) is 3.09. The minimum atomic E-state index is -0.898. The normalized spacial score (nSPS) is 18.3. The molecule has 1 heterocycles. The van der Waals surface area contributed by atoms with Crippen molar-refractivity contribution in [1.29, 1.82) is 0 Å². The molecule has 1 aromatic carbocycles. The molecule has 1 N–H and O–H groups in total. The van der Waals surface area contributed by atoms with E-state index in [2.05, 4.69) is 4.99 Å². The fraction of sp³-hybridized carbons (Fsp3) is 0.421. The summed E-state index contributed by atoms with van der Waals surface area (Å²) in [4.78, 5) is 27.6. The third-order valence-electron chi connectivity index (χ3n) is 4.12. The highest BCUT2D eigenvalue weighted by molar-refractivity contribution is 5.96. The van der Waals surface area contributed by atoms with Gasteiger partial charge in [-0.3, -0.25) is 14.6 Å². The van der Waals surface area contributed by atoms with Gasteiger partial charge < -0.3 is 14.6 Å². The van der Waals surface area contributed by atoms with Crippen LogP contribution in [0.5, 0.6) is 11.5 Å². The van der Waals surface area contributed by atoms with Crippen molar-refractivity contribution in [2.45, 2.75) is 37.6 Å². The fourth-order valence-electron chi connectivity index (χ4n) is 2.73. The number of carboxylic acid groups (broad SMARTS) is 1. The quantitative estimate of drug-likeness (QED) is 0.623. The van der Waals surface area contributed by atoms with Gasteiger partial charge in [0, 0.05) is 12.6 Å². The summed E-state index contributed by atoms with van der Waals surface area (Å²) < 4.78 is 10.8. The predicted molar refractivity (Wildman–Crippen MR) is 94.6 cm³/mol. The predicted octanol–water partition coefficient (Wildman–Crippen LogP) is 3.06. The minimum Gasteiger partial charge on any atom is -0.493 e. The topological polar surface area (TPSA) is 85.2 Å². The number of nitrogens with zero attached hydrogens (tertiary/aromatic N) is 1. The van der Waals surface area contributed by atoms with E-state index in [9.17, 15) is 9.59 Å². The summed E-state index contributed by atoms with van der Waals surface area (Å²) in [7, 11) is 1.55. The van der Waals surface area contributed by atoms with Crippen LogP contribution in [-0.4, -0.2) is 42.3 Å². The Morgan fingerprint density at radius 1 is 1.16 bits per heavy atom. The Morgan fingerprint density at radius 2 is 1.92 bits per heavy atom. The second-order valence-electron chi connectivity index (χ2n) is 5.88. The van der Waals surface area contributed by atoms with E-state index < -0.39 is 11.5 Å². The van der Waals surface area contributed by atoms with Crippen molar-refractivity contribution in [3.63, 3.8) is 0 Å². The van der Waals surface area contributed by atoms with Gasteiger partial charge in [-0.1, -0.05) is 25.0 Å². The number of hydrogen-bond donors (Lipinski definition) is 1. The molecule has 0 bridgehead atoms. The van der Waals surface area contributed by atoms with Crippen LogP contribution in [-0.2, 0) is 9.59 Å². The number of carboxylic acids is 1. The first-order valence-electron chi connectivity index (χ1n) is 8.31. The highest BCUT2D eigenvalue weighted by Crippen LogP contribution is 2.29. The number of methoxy groups -OCH3 is 1. The monoisotopic (exact) mass is 345 g/mol. The molecule has 1 unspecified atom stereocenters. The third kappa shape index (κ3) is 5.17. The summed E-state index contributed by atoms with van der Waals surface area (Å²) in [6.45, 7) is -0.100. The molecule has 1 aliphatic heterocycles. The molecule has 1 atom stereocenters. The number of ether oxygens (including phenoxy) is 2. The number of aliphatic imine (C=N–C) groups is 1. The van der Waals surface area contributed by atoms with E-state index in [4.69, 9.17) is 14.6 Å². The Bertz CT molecular complexity index is 654. The van der Waals surface area contributed by atoms with Crippen molar-refractivity contribution in [2.75, 3.05) is 13.7 Å². The maximum absolute atomic E-state index is 12.7. The summed E-state index contributed by atoms with van der Waals surface area (Å²) in [5.74, 6) is 0.167. The largest absolute Gasteiger partial charge is 0.493 e. The van der Waals surface area contributed by atoms with Crippen LogP contribution in [0.2, 0.25) is 0 Å². The summed E-state index contributed by atoms with van der Waals surface area (Å²) >= 11 is 0. The maximum atomic E-state index is 12.7. The van der Waals surface area contributed by atoms with Crippen LogP contribution >= 0.6 is 0 Å². The summed E-state index contributed by atoms with van der Waals surface area (Å²) in [5.41, 5.74) is -0.898. The maximum Gasteiger partial charge on any atom is 0.303 e. The van der Waals surface area contributed by atoms with Crippen LogP contribution < -0.4 is 9.47 Å². The van der Waals surface area contributed by atoms with E-state index in [1.54, 1.807) is 37.6 Å². The Hall–Kier alpha value is -2.63. The second-order valence-corrected chi connectivity index (χ2v) is 5.88. The highest BCUT2D eigenvalue weighted by Gasteiger charge is 2.36. The van der Waals surface area contributed by atoms with Crippen LogP contribution in [0.4, 0.5) is 0 Å². The van der Waals surface area contributed by atoms with Crippen LogP contribution in [0.1, 0.15) is 32.1 Å². The molecule has 0 saturated heterocycles. The number of ketones is 1. The number of Topliss-reactive ketones (excluding diaryl/α,β-unsaturated/α-hetero) is 1. The minimum absolute atomic E-state index is 0.100. The first-order valence-corrected chi connectivity index (χ1v) is 8.31. The molecule has 6 heteroatoms. The van der Waals surface area contributed by atoms with Crippen molar-refractivity contribution in [3.05, 3.63) is 36.4 Å². The second kappa shape index (κ2) is 9.01. The zero-order valence-corrected chi connectivity index (χ0v) is 14.3. The van der Waals surface area contributed by atoms with Crippen molar-refractivity contribution < 1.29 is 24.2 Å². The van der Waals surface area contributed by atoms with Crippen molar-refractivity contribution in [3.8, 4) is 11.5 Å². The molecule has 25 heavy (non-hydrogen) atoms. The van der Waals surface area contributed by atoms with Gasteiger partial charge >= 0.3 is 5.97 Å². The van der Waals surface area contributed by atoms with E-state index in [0.29, 0.717) is 24.3 Å². The summed E-state index contributed by atoms with van der Waals surface area (Å²) in [6, 6.07) is 7.16. The number of rotatable bonds is 11. The van der Waals surface area contributed by atoms with Crippen molar-refractivity contribution in [2.24, 2.45) is 4.99 Å². The molecule has 0 spiro atoms. The molecule has 134 valence electrons. The molecule has 0 aromatic heterocycles. The highest BCUT2D eigenvalue weighted by atomic mass is 16.5. The smallest absolute Gasteiger partial charge is 0.303 e. The van der Waals surface area contributed by atoms with Crippen LogP contribution in [0.3, 0.4) is 0 Å². The lowest BCUT2D eigenvalue weighted by Crippen LogP contribution is -2.37. The first-order chi connectivity index (χ1) is 12.1. The van der Waals surface area contributed by atoms with Crippen LogP contribution in [0.15, 0.2) is 41.4 Å². The number of carbonyl (C=O) groups is 2. The Labute approximate surface area is 147 Å². The van der Waals surface area contributed by atoms with E-state index in [-0.39, 0.29) is 18.8 Å². The fourth-order valence-corrected chi connectivity index (χ4v) is 2.73. The number of carbonyl (C=O) groups excluding carboxylic acids is 1. The standard InChI is InChI=1S/C19H23NO5/c1-24-15-8-4-5-9-16(15)25-14-17(21)19(12-7-13-20-19)11-6-2-3-10-18(22)23/h4-5,7-9,12-13H,2-3,6,10-11,14H2,1H3,(H,22,23).